The van der Waals surface area contributed by atoms with Crippen molar-refractivity contribution in [3.05, 3.63) is 23.8 Å². The molecule has 1 aliphatic heterocycles. The average Bonchev–Trinajstić information content (AvgIpc) is 2.40. The molecule has 1 saturated heterocycles. The lowest BCUT2D eigenvalue weighted by atomic mass is 10.3. The molecule has 0 aromatic carbocycles. The highest BCUT2D eigenvalue weighted by Gasteiger charge is 2.20. The zero-order valence-electron chi connectivity index (χ0n) is 9.76. The van der Waals surface area contributed by atoms with Gasteiger partial charge in [0.05, 0.1) is 25.5 Å². The molecule has 1 amide bonds. The molecule has 0 N–H and O–H groups in total. The second-order valence-electron chi connectivity index (χ2n) is 3.71. The van der Waals surface area contributed by atoms with Crippen molar-refractivity contribution in [1.82, 2.24) is 14.9 Å². The summed E-state index contributed by atoms with van der Waals surface area (Å²) < 4.78 is 10.2. The standard InChI is InChI=1S/C11H15N3O3/c1-16-8-9-2-3-12-10(13-9)11(15)14-4-6-17-7-5-14/h2-3H,4-8H2,1H3. The van der Waals surface area contributed by atoms with Crippen molar-refractivity contribution in [1.29, 1.82) is 0 Å². The lowest BCUT2D eigenvalue weighted by Gasteiger charge is -2.26. The number of carbonyl (C=O) groups excluding carboxylic acids is 1. The third-order valence-corrected chi connectivity index (χ3v) is 2.50. The van der Waals surface area contributed by atoms with Crippen LogP contribution in [0.25, 0.3) is 0 Å². The van der Waals surface area contributed by atoms with Crippen LogP contribution in [0.15, 0.2) is 12.3 Å². The summed E-state index contributed by atoms with van der Waals surface area (Å²) in [6.07, 6.45) is 1.58. The largest absolute Gasteiger partial charge is 0.378 e. The first kappa shape index (κ1) is 11.9. The van der Waals surface area contributed by atoms with Crippen molar-refractivity contribution in [3.8, 4) is 0 Å². The van der Waals surface area contributed by atoms with Crippen LogP contribution in [-0.2, 0) is 16.1 Å². The molecule has 0 atom stereocenters. The van der Waals surface area contributed by atoms with Gasteiger partial charge in [0.2, 0.25) is 5.82 Å². The van der Waals surface area contributed by atoms with Gasteiger partial charge in [0.1, 0.15) is 0 Å². The van der Waals surface area contributed by atoms with Crippen molar-refractivity contribution in [2.45, 2.75) is 6.61 Å². The summed E-state index contributed by atoms with van der Waals surface area (Å²) in [5.74, 6) is 0.0766. The van der Waals surface area contributed by atoms with E-state index in [1.165, 1.54) is 0 Å². The summed E-state index contributed by atoms with van der Waals surface area (Å²) in [6.45, 7) is 2.71. The fourth-order valence-corrected chi connectivity index (χ4v) is 1.64. The van der Waals surface area contributed by atoms with E-state index < -0.39 is 0 Å². The maximum Gasteiger partial charge on any atom is 0.291 e. The van der Waals surface area contributed by atoms with E-state index in [9.17, 15) is 4.79 Å². The number of hydrogen-bond acceptors (Lipinski definition) is 5. The molecule has 6 nitrogen and oxygen atoms in total. The maximum atomic E-state index is 12.1. The van der Waals surface area contributed by atoms with E-state index in [4.69, 9.17) is 9.47 Å². The molecule has 0 aliphatic carbocycles. The second kappa shape index (κ2) is 5.70. The van der Waals surface area contributed by atoms with Gasteiger partial charge in [-0.2, -0.15) is 0 Å². The Morgan fingerprint density at radius 3 is 3.00 bits per heavy atom. The van der Waals surface area contributed by atoms with Gasteiger partial charge in [-0.25, -0.2) is 9.97 Å². The highest BCUT2D eigenvalue weighted by molar-refractivity contribution is 5.90. The van der Waals surface area contributed by atoms with Crippen LogP contribution in [0.4, 0.5) is 0 Å². The number of nitrogens with zero attached hydrogens (tertiary/aromatic N) is 3. The predicted molar refractivity (Wildman–Crippen MR) is 59.5 cm³/mol. The first-order valence-corrected chi connectivity index (χ1v) is 5.49. The quantitative estimate of drug-likeness (QED) is 0.745. The van der Waals surface area contributed by atoms with Crippen LogP contribution in [0.3, 0.4) is 0 Å². The normalized spacial score (nSPS) is 15.9. The molecule has 1 aromatic heterocycles. The lowest BCUT2D eigenvalue weighted by molar-refractivity contribution is 0.0294. The summed E-state index contributed by atoms with van der Waals surface area (Å²) in [4.78, 5) is 21.9. The number of carbonyl (C=O) groups is 1. The number of methoxy groups -OCH3 is 1. The molecule has 0 saturated carbocycles. The molecule has 0 radical (unpaired) electrons. The first-order chi connectivity index (χ1) is 8.31. The Kier molecular flexibility index (Phi) is 4.00. The molecule has 1 fully saturated rings. The maximum absolute atomic E-state index is 12.1. The molecule has 2 rings (SSSR count). The van der Waals surface area contributed by atoms with E-state index in [1.54, 1.807) is 24.3 Å². The number of aromatic nitrogens is 2. The highest BCUT2D eigenvalue weighted by Crippen LogP contribution is 2.04. The van der Waals surface area contributed by atoms with Crippen molar-refractivity contribution in [3.63, 3.8) is 0 Å². The van der Waals surface area contributed by atoms with Crippen LogP contribution in [0.5, 0.6) is 0 Å². The van der Waals surface area contributed by atoms with Crippen molar-refractivity contribution < 1.29 is 14.3 Å². The van der Waals surface area contributed by atoms with Crippen LogP contribution in [0.2, 0.25) is 0 Å². The zero-order valence-corrected chi connectivity index (χ0v) is 9.76. The molecular weight excluding hydrogens is 222 g/mol. The minimum Gasteiger partial charge on any atom is -0.378 e. The van der Waals surface area contributed by atoms with Crippen molar-refractivity contribution >= 4 is 5.91 Å². The Morgan fingerprint density at radius 2 is 2.29 bits per heavy atom. The van der Waals surface area contributed by atoms with E-state index in [-0.39, 0.29) is 11.7 Å². The molecule has 1 aliphatic rings. The van der Waals surface area contributed by atoms with Gasteiger partial charge in [0.25, 0.3) is 5.91 Å². The number of hydrogen-bond donors (Lipinski definition) is 0. The molecule has 2 heterocycles. The van der Waals surface area contributed by atoms with E-state index >= 15 is 0 Å². The Hall–Kier alpha value is -1.53. The van der Waals surface area contributed by atoms with Crippen molar-refractivity contribution in [2.75, 3.05) is 33.4 Å². The van der Waals surface area contributed by atoms with Gasteiger partial charge in [-0.3, -0.25) is 4.79 Å². The zero-order chi connectivity index (χ0) is 12.1. The molecule has 92 valence electrons. The van der Waals surface area contributed by atoms with Gasteiger partial charge in [-0.1, -0.05) is 0 Å². The van der Waals surface area contributed by atoms with E-state index in [0.717, 1.165) is 0 Å². The molecule has 6 heteroatoms. The van der Waals surface area contributed by atoms with Crippen LogP contribution < -0.4 is 0 Å². The minimum atomic E-state index is -0.147. The van der Waals surface area contributed by atoms with E-state index in [2.05, 4.69) is 9.97 Å². The first-order valence-electron chi connectivity index (χ1n) is 5.49. The van der Waals surface area contributed by atoms with Crippen LogP contribution in [-0.4, -0.2) is 54.2 Å². The van der Waals surface area contributed by atoms with Crippen LogP contribution in [0, 0.1) is 0 Å². The molecule has 0 bridgehead atoms. The van der Waals surface area contributed by atoms with Crippen LogP contribution in [0.1, 0.15) is 16.3 Å². The summed E-state index contributed by atoms with van der Waals surface area (Å²) in [5.41, 5.74) is 0.708. The van der Waals surface area contributed by atoms with Gasteiger partial charge in [-0.15, -0.1) is 0 Å². The van der Waals surface area contributed by atoms with Gasteiger partial charge < -0.3 is 14.4 Å². The fraction of sp³-hybridized carbons (Fsp3) is 0.545. The van der Waals surface area contributed by atoms with Crippen molar-refractivity contribution in [2.24, 2.45) is 0 Å². The van der Waals surface area contributed by atoms with Gasteiger partial charge in [0, 0.05) is 26.4 Å². The van der Waals surface area contributed by atoms with Crippen LogP contribution >= 0.6 is 0 Å². The Bertz CT molecular complexity index is 391. The smallest absolute Gasteiger partial charge is 0.291 e. The molecule has 1 aromatic rings. The molecular formula is C11H15N3O3. The number of ether oxygens (including phenoxy) is 2. The monoisotopic (exact) mass is 237 g/mol. The topological polar surface area (TPSA) is 64.5 Å². The third-order valence-electron chi connectivity index (χ3n) is 2.50. The predicted octanol–water partition coefficient (Wildman–Crippen LogP) is 0.0954. The second-order valence-corrected chi connectivity index (χ2v) is 3.71. The summed E-state index contributed by atoms with van der Waals surface area (Å²) in [6, 6.07) is 1.74. The lowest BCUT2D eigenvalue weighted by Crippen LogP contribution is -2.41. The highest BCUT2D eigenvalue weighted by atomic mass is 16.5. The Labute approximate surface area is 99.6 Å². The number of rotatable bonds is 3. The summed E-state index contributed by atoms with van der Waals surface area (Å²) in [5, 5.41) is 0. The van der Waals surface area contributed by atoms with E-state index in [1.807, 2.05) is 0 Å². The van der Waals surface area contributed by atoms with Gasteiger partial charge in [0.15, 0.2) is 0 Å². The molecule has 17 heavy (non-hydrogen) atoms. The van der Waals surface area contributed by atoms with E-state index in [0.29, 0.717) is 38.6 Å². The Morgan fingerprint density at radius 1 is 1.53 bits per heavy atom. The SMILES string of the molecule is COCc1ccnc(C(=O)N2CCOCC2)n1. The number of amides is 1. The summed E-state index contributed by atoms with van der Waals surface area (Å²) >= 11 is 0. The third kappa shape index (κ3) is 2.98. The minimum absolute atomic E-state index is 0.147. The van der Waals surface area contributed by atoms with Gasteiger partial charge >= 0.3 is 0 Å². The molecule has 0 unspecified atom stereocenters. The summed E-state index contributed by atoms with van der Waals surface area (Å²) in [7, 11) is 1.59. The Balaban J connectivity index is 2.09. The molecule has 0 spiro atoms. The average molecular weight is 237 g/mol. The van der Waals surface area contributed by atoms with Gasteiger partial charge in [-0.05, 0) is 6.07 Å². The number of morpholine rings is 1. The fourth-order valence-electron chi connectivity index (χ4n) is 1.64.